The fourth-order valence-electron chi connectivity index (χ4n) is 1.54. The lowest BCUT2D eigenvalue weighted by Gasteiger charge is -2.26. The van der Waals surface area contributed by atoms with Crippen LogP contribution in [-0.2, 0) is 4.79 Å². The van der Waals surface area contributed by atoms with Crippen LogP contribution in [0.3, 0.4) is 0 Å². The predicted octanol–water partition coefficient (Wildman–Crippen LogP) is 2.09. The van der Waals surface area contributed by atoms with Gasteiger partial charge in [0.05, 0.1) is 0 Å². The molecule has 0 N–H and O–H groups in total. The predicted molar refractivity (Wildman–Crippen MR) is 49.5 cm³/mol. The van der Waals surface area contributed by atoms with Crippen molar-refractivity contribution in [2.45, 2.75) is 32.7 Å². The van der Waals surface area contributed by atoms with E-state index in [-0.39, 0.29) is 5.91 Å². The second-order valence-corrected chi connectivity index (χ2v) is 3.00. The van der Waals surface area contributed by atoms with E-state index in [1.54, 1.807) is 17.1 Å². The van der Waals surface area contributed by atoms with Crippen LogP contribution in [0.2, 0.25) is 0 Å². The van der Waals surface area contributed by atoms with E-state index in [0.717, 1.165) is 18.5 Å². The van der Waals surface area contributed by atoms with Gasteiger partial charge in [0.2, 0.25) is 0 Å². The molecule has 0 saturated carbocycles. The molecule has 0 bridgehead atoms. The zero-order valence-corrected chi connectivity index (χ0v) is 7.71. The third-order valence-corrected chi connectivity index (χ3v) is 2.27. The summed E-state index contributed by atoms with van der Waals surface area (Å²) in [6.07, 6.45) is 5.34. The van der Waals surface area contributed by atoms with Crippen molar-refractivity contribution < 1.29 is 4.79 Å². The molecule has 1 heterocycles. The SMILES string of the molecule is C=C1C=CC(=O)N1C(CC)CC. The lowest BCUT2D eigenvalue weighted by Crippen LogP contribution is -2.34. The Bertz CT molecular complexity index is 208. The summed E-state index contributed by atoms with van der Waals surface area (Å²) in [6, 6.07) is 0.319. The molecule has 2 nitrogen and oxygen atoms in total. The fourth-order valence-corrected chi connectivity index (χ4v) is 1.54. The first-order chi connectivity index (χ1) is 5.70. The third-order valence-electron chi connectivity index (χ3n) is 2.27. The van der Waals surface area contributed by atoms with Gasteiger partial charge in [0, 0.05) is 17.8 Å². The van der Waals surface area contributed by atoms with E-state index in [0.29, 0.717) is 6.04 Å². The molecule has 1 aliphatic rings. The number of carbonyl (C=O) groups excluding carboxylic acids is 1. The largest absolute Gasteiger partial charge is 0.306 e. The molecule has 0 aliphatic carbocycles. The smallest absolute Gasteiger partial charge is 0.251 e. The Kier molecular flexibility index (Phi) is 2.69. The van der Waals surface area contributed by atoms with Gasteiger partial charge < -0.3 is 4.90 Å². The Labute approximate surface area is 73.6 Å². The van der Waals surface area contributed by atoms with Gasteiger partial charge in [0.15, 0.2) is 0 Å². The minimum atomic E-state index is 0.0775. The summed E-state index contributed by atoms with van der Waals surface area (Å²) in [5.74, 6) is 0.0775. The summed E-state index contributed by atoms with van der Waals surface area (Å²) in [4.78, 5) is 13.1. The standard InChI is InChI=1S/C10H15NO/c1-4-9(5-2)11-8(3)6-7-10(11)12/h6-7,9H,3-5H2,1-2H3. The number of allylic oxidation sites excluding steroid dienone is 1. The van der Waals surface area contributed by atoms with Gasteiger partial charge in [-0.25, -0.2) is 0 Å². The molecule has 1 rings (SSSR count). The van der Waals surface area contributed by atoms with Crippen molar-refractivity contribution in [3.63, 3.8) is 0 Å². The number of nitrogens with zero attached hydrogens (tertiary/aromatic N) is 1. The van der Waals surface area contributed by atoms with Crippen LogP contribution in [0, 0.1) is 0 Å². The maximum Gasteiger partial charge on any atom is 0.251 e. The van der Waals surface area contributed by atoms with Gasteiger partial charge >= 0.3 is 0 Å². The van der Waals surface area contributed by atoms with Crippen LogP contribution in [-0.4, -0.2) is 16.8 Å². The molecule has 1 amide bonds. The minimum absolute atomic E-state index is 0.0775. The molecule has 1 aliphatic heterocycles. The summed E-state index contributed by atoms with van der Waals surface area (Å²) in [7, 11) is 0. The molecule has 12 heavy (non-hydrogen) atoms. The van der Waals surface area contributed by atoms with Crippen LogP contribution in [0.15, 0.2) is 24.4 Å². The van der Waals surface area contributed by atoms with Gasteiger partial charge in [0.25, 0.3) is 5.91 Å². The maximum absolute atomic E-state index is 11.3. The van der Waals surface area contributed by atoms with E-state index in [9.17, 15) is 4.79 Å². The molecule has 2 heteroatoms. The average molecular weight is 165 g/mol. The first-order valence-electron chi connectivity index (χ1n) is 4.40. The summed E-state index contributed by atoms with van der Waals surface area (Å²) < 4.78 is 0. The number of amides is 1. The molecule has 0 aromatic heterocycles. The number of hydrogen-bond donors (Lipinski definition) is 0. The van der Waals surface area contributed by atoms with E-state index in [2.05, 4.69) is 20.4 Å². The number of carbonyl (C=O) groups is 1. The van der Waals surface area contributed by atoms with Crippen molar-refractivity contribution in [3.8, 4) is 0 Å². The molecule has 0 unspecified atom stereocenters. The molecule has 66 valence electrons. The first-order valence-corrected chi connectivity index (χ1v) is 4.40. The molecular formula is C10H15NO. The molecule has 0 radical (unpaired) electrons. The zero-order valence-electron chi connectivity index (χ0n) is 7.71. The lowest BCUT2D eigenvalue weighted by atomic mass is 10.1. The highest BCUT2D eigenvalue weighted by Crippen LogP contribution is 2.20. The van der Waals surface area contributed by atoms with E-state index < -0.39 is 0 Å². The quantitative estimate of drug-likeness (QED) is 0.627. The van der Waals surface area contributed by atoms with Gasteiger partial charge in [-0.3, -0.25) is 4.79 Å². The van der Waals surface area contributed by atoms with Crippen LogP contribution in [0.5, 0.6) is 0 Å². The van der Waals surface area contributed by atoms with Crippen molar-refractivity contribution >= 4 is 5.91 Å². The van der Waals surface area contributed by atoms with E-state index in [1.807, 2.05) is 0 Å². The van der Waals surface area contributed by atoms with Gasteiger partial charge in [-0.1, -0.05) is 20.4 Å². The molecule has 0 fully saturated rings. The summed E-state index contributed by atoms with van der Waals surface area (Å²) in [5.41, 5.74) is 0.828. The molecule has 0 aromatic carbocycles. The van der Waals surface area contributed by atoms with Crippen LogP contribution in [0.4, 0.5) is 0 Å². The van der Waals surface area contributed by atoms with Crippen molar-refractivity contribution in [1.82, 2.24) is 4.90 Å². The second-order valence-electron chi connectivity index (χ2n) is 3.00. The highest BCUT2D eigenvalue weighted by atomic mass is 16.2. The Hall–Kier alpha value is -1.05. The normalized spacial score (nSPS) is 16.8. The Morgan fingerprint density at radius 3 is 2.33 bits per heavy atom. The van der Waals surface area contributed by atoms with Crippen molar-refractivity contribution in [2.24, 2.45) is 0 Å². The second kappa shape index (κ2) is 3.57. The Morgan fingerprint density at radius 2 is 2.00 bits per heavy atom. The Balaban J connectivity index is 2.74. The number of hydrogen-bond acceptors (Lipinski definition) is 1. The highest BCUT2D eigenvalue weighted by molar-refractivity contribution is 5.93. The molecule has 0 atom stereocenters. The van der Waals surface area contributed by atoms with E-state index >= 15 is 0 Å². The van der Waals surface area contributed by atoms with Crippen LogP contribution in [0.25, 0.3) is 0 Å². The van der Waals surface area contributed by atoms with Gasteiger partial charge in [-0.05, 0) is 18.9 Å². The maximum atomic E-state index is 11.3. The molecular weight excluding hydrogens is 150 g/mol. The van der Waals surface area contributed by atoms with Gasteiger partial charge in [0.1, 0.15) is 0 Å². The van der Waals surface area contributed by atoms with Crippen LogP contribution < -0.4 is 0 Å². The van der Waals surface area contributed by atoms with Gasteiger partial charge in [-0.2, -0.15) is 0 Å². The van der Waals surface area contributed by atoms with Crippen molar-refractivity contribution in [3.05, 3.63) is 24.4 Å². The van der Waals surface area contributed by atoms with Gasteiger partial charge in [-0.15, -0.1) is 0 Å². The molecule has 0 spiro atoms. The monoisotopic (exact) mass is 165 g/mol. The van der Waals surface area contributed by atoms with Crippen LogP contribution in [0.1, 0.15) is 26.7 Å². The van der Waals surface area contributed by atoms with E-state index in [4.69, 9.17) is 0 Å². The number of rotatable bonds is 3. The highest BCUT2D eigenvalue weighted by Gasteiger charge is 2.24. The minimum Gasteiger partial charge on any atom is -0.306 e. The average Bonchev–Trinajstić information content (AvgIpc) is 2.38. The third kappa shape index (κ3) is 1.42. The summed E-state index contributed by atoms with van der Waals surface area (Å²) in [6.45, 7) is 8.00. The van der Waals surface area contributed by atoms with Crippen molar-refractivity contribution in [2.75, 3.05) is 0 Å². The zero-order chi connectivity index (χ0) is 9.14. The lowest BCUT2D eigenvalue weighted by molar-refractivity contribution is -0.125. The Morgan fingerprint density at radius 1 is 1.42 bits per heavy atom. The van der Waals surface area contributed by atoms with E-state index in [1.165, 1.54) is 0 Å². The first kappa shape index (κ1) is 9.04. The topological polar surface area (TPSA) is 20.3 Å². The molecule has 0 saturated heterocycles. The molecule has 0 aromatic rings. The summed E-state index contributed by atoms with van der Waals surface area (Å²) >= 11 is 0. The fraction of sp³-hybridized carbons (Fsp3) is 0.500. The van der Waals surface area contributed by atoms with Crippen LogP contribution >= 0.6 is 0 Å². The van der Waals surface area contributed by atoms with Crippen molar-refractivity contribution in [1.29, 1.82) is 0 Å². The summed E-state index contributed by atoms with van der Waals surface area (Å²) in [5, 5.41) is 0.